The molecule has 0 bridgehead atoms. The number of methoxy groups -OCH3 is 1. The maximum absolute atomic E-state index is 12.2. The molecule has 1 aromatic carbocycles. The lowest BCUT2D eigenvalue weighted by Gasteiger charge is -2.11. The topological polar surface area (TPSA) is 107 Å². The van der Waals surface area contributed by atoms with Crippen LogP contribution in [0.1, 0.15) is 0 Å². The molecule has 1 heterocycles. The number of benzene rings is 1. The lowest BCUT2D eigenvalue weighted by molar-refractivity contribution is 0.398. The molecule has 1 aromatic heterocycles. The molecule has 0 amide bonds. The second-order valence-corrected chi connectivity index (χ2v) is 5.73. The first-order valence-electron chi connectivity index (χ1n) is 5.38. The standard InChI is InChI=1S/C11H11ClN4O3S/c1-19-11-10(14-6-9(12)15-11)16-20(17,18)8-5-3-2-4-7(8)13/h2-6H,13H2,1H3,(H,14,16). The van der Waals surface area contributed by atoms with Gasteiger partial charge in [0.2, 0.25) is 5.82 Å². The van der Waals surface area contributed by atoms with E-state index in [0.29, 0.717) is 0 Å². The van der Waals surface area contributed by atoms with E-state index >= 15 is 0 Å². The van der Waals surface area contributed by atoms with Gasteiger partial charge >= 0.3 is 0 Å². The number of hydrogen-bond acceptors (Lipinski definition) is 6. The van der Waals surface area contributed by atoms with Crippen LogP contribution in [0.3, 0.4) is 0 Å². The molecule has 9 heteroatoms. The summed E-state index contributed by atoms with van der Waals surface area (Å²) in [4.78, 5) is 7.60. The lowest BCUT2D eigenvalue weighted by atomic mass is 10.3. The van der Waals surface area contributed by atoms with E-state index in [0.717, 1.165) is 0 Å². The first-order valence-corrected chi connectivity index (χ1v) is 7.24. The van der Waals surface area contributed by atoms with Crippen molar-refractivity contribution in [3.63, 3.8) is 0 Å². The Morgan fingerprint density at radius 1 is 1.35 bits per heavy atom. The highest BCUT2D eigenvalue weighted by Crippen LogP contribution is 2.25. The Morgan fingerprint density at radius 3 is 2.70 bits per heavy atom. The van der Waals surface area contributed by atoms with Gasteiger partial charge in [-0.05, 0) is 12.1 Å². The molecule has 0 radical (unpaired) electrons. The van der Waals surface area contributed by atoms with E-state index in [9.17, 15) is 8.42 Å². The SMILES string of the molecule is COc1nc(Cl)cnc1NS(=O)(=O)c1ccccc1N. The highest BCUT2D eigenvalue weighted by Gasteiger charge is 2.20. The molecule has 0 unspecified atom stereocenters. The quantitative estimate of drug-likeness (QED) is 0.828. The summed E-state index contributed by atoms with van der Waals surface area (Å²) >= 11 is 5.66. The molecular formula is C11H11ClN4O3S. The fourth-order valence-corrected chi connectivity index (χ4v) is 2.74. The monoisotopic (exact) mass is 314 g/mol. The Morgan fingerprint density at radius 2 is 2.05 bits per heavy atom. The van der Waals surface area contributed by atoms with Crippen LogP contribution >= 0.6 is 11.6 Å². The summed E-state index contributed by atoms with van der Waals surface area (Å²) < 4.78 is 31.6. The van der Waals surface area contributed by atoms with Crippen molar-refractivity contribution in [2.75, 3.05) is 17.6 Å². The number of anilines is 2. The third-order valence-corrected chi connectivity index (χ3v) is 3.94. The molecule has 0 saturated heterocycles. The number of ether oxygens (including phenoxy) is 1. The Bertz CT molecular complexity index is 736. The van der Waals surface area contributed by atoms with Crippen LogP contribution in [0.25, 0.3) is 0 Å². The van der Waals surface area contributed by atoms with E-state index < -0.39 is 10.0 Å². The van der Waals surface area contributed by atoms with E-state index in [1.807, 2.05) is 0 Å². The second kappa shape index (κ2) is 5.51. The molecule has 0 spiro atoms. The summed E-state index contributed by atoms with van der Waals surface area (Å²) in [5.74, 6) is -0.101. The zero-order valence-electron chi connectivity index (χ0n) is 10.4. The fraction of sp³-hybridized carbons (Fsp3) is 0.0909. The zero-order valence-corrected chi connectivity index (χ0v) is 11.9. The van der Waals surface area contributed by atoms with Gasteiger partial charge in [0, 0.05) is 0 Å². The summed E-state index contributed by atoms with van der Waals surface area (Å²) in [7, 11) is -2.56. The summed E-state index contributed by atoms with van der Waals surface area (Å²) in [6.07, 6.45) is 1.20. The number of hydrogen-bond donors (Lipinski definition) is 2. The van der Waals surface area contributed by atoms with Crippen LogP contribution in [0.5, 0.6) is 5.88 Å². The van der Waals surface area contributed by atoms with Gasteiger partial charge in [0.05, 0.1) is 19.0 Å². The highest BCUT2D eigenvalue weighted by atomic mass is 35.5. The van der Waals surface area contributed by atoms with Gasteiger partial charge < -0.3 is 10.5 Å². The number of halogens is 1. The Kier molecular flexibility index (Phi) is 3.96. The number of nitrogens with two attached hydrogens (primary N) is 1. The van der Waals surface area contributed by atoms with Crippen molar-refractivity contribution < 1.29 is 13.2 Å². The van der Waals surface area contributed by atoms with Crippen molar-refractivity contribution >= 4 is 33.1 Å². The van der Waals surface area contributed by atoms with Gasteiger partial charge in [-0.15, -0.1) is 0 Å². The molecule has 106 valence electrons. The highest BCUT2D eigenvalue weighted by molar-refractivity contribution is 7.92. The predicted octanol–water partition coefficient (Wildman–Crippen LogP) is 1.52. The first-order chi connectivity index (χ1) is 9.44. The van der Waals surface area contributed by atoms with E-state index in [2.05, 4.69) is 14.7 Å². The number of rotatable bonds is 4. The van der Waals surface area contributed by atoms with Crippen molar-refractivity contribution in [1.82, 2.24) is 9.97 Å². The minimum absolute atomic E-state index is 0.0319. The van der Waals surface area contributed by atoms with Crippen LogP contribution in [-0.2, 0) is 10.0 Å². The van der Waals surface area contributed by atoms with Crippen LogP contribution < -0.4 is 15.2 Å². The van der Waals surface area contributed by atoms with Gasteiger partial charge in [-0.3, -0.25) is 4.72 Å². The zero-order chi connectivity index (χ0) is 14.8. The molecule has 2 aromatic rings. The van der Waals surface area contributed by atoms with Crippen LogP contribution in [0.4, 0.5) is 11.5 Å². The van der Waals surface area contributed by atoms with Gasteiger partial charge in [0.25, 0.3) is 15.9 Å². The average molecular weight is 315 g/mol. The minimum Gasteiger partial charge on any atom is -0.478 e. The van der Waals surface area contributed by atoms with Gasteiger partial charge in [-0.1, -0.05) is 23.7 Å². The van der Waals surface area contributed by atoms with Crippen molar-refractivity contribution in [2.24, 2.45) is 0 Å². The average Bonchev–Trinajstić information content (AvgIpc) is 2.41. The molecule has 3 N–H and O–H groups in total. The molecule has 0 aliphatic rings. The number of nitrogens with one attached hydrogen (secondary N) is 1. The molecular weight excluding hydrogens is 304 g/mol. The predicted molar refractivity (Wildman–Crippen MR) is 75.3 cm³/mol. The third kappa shape index (κ3) is 2.91. The summed E-state index contributed by atoms with van der Waals surface area (Å²) in [6.45, 7) is 0. The van der Waals surface area contributed by atoms with Crippen LogP contribution in [-0.4, -0.2) is 25.5 Å². The van der Waals surface area contributed by atoms with Crippen molar-refractivity contribution in [2.45, 2.75) is 4.90 Å². The fourth-order valence-electron chi connectivity index (χ4n) is 1.47. The summed E-state index contributed by atoms with van der Waals surface area (Å²) in [6, 6.07) is 6.07. The number of para-hydroxylation sites is 1. The molecule has 2 rings (SSSR count). The smallest absolute Gasteiger partial charge is 0.265 e. The van der Waals surface area contributed by atoms with Crippen molar-refractivity contribution in [3.05, 3.63) is 35.6 Å². The number of sulfonamides is 1. The number of aromatic nitrogens is 2. The largest absolute Gasteiger partial charge is 0.478 e. The van der Waals surface area contributed by atoms with E-state index in [-0.39, 0.29) is 27.4 Å². The Labute approximate surface area is 120 Å². The number of nitrogen functional groups attached to an aromatic ring is 1. The van der Waals surface area contributed by atoms with Crippen LogP contribution in [0.2, 0.25) is 5.15 Å². The molecule has 0 fully saturated rings. The second-order valence-electron chi connectivity index (χ2n) is 3.69. The van der Waals surface area contributed by atoms with Crippen molar-refractivity contribution in [3.8, 4) is 5.88 Å². The van der Waals surface area contributed by atoms with Crippen LogP contribution in [0.15, 0.2) is 35.4 Å². The Balaban J connectivity index is 2.41. The first kappa shape index (κ1) is 14.4. The molecule has 0 aliphatic heterocycles. The van der Waals surface area contributed by atoms with Gasteiger partial charge in [0.1, 0.15) is 4.90 Å². The van der Waals surface area contributed by atoms with Gasteiger partial charge in [0.15, 0.2) is 5.15 Å². The summed E-state index contributed by atoms with van der Waals surface area (Å²) in [5.41, 5.74) is 5.77. The molecule has 0 saturated carbocycles. The number of nitrogens with zero attached hydrogens (tertiary/aromatic N) is 2. The van der Waals surface area contributed by atoms with Gasteiger partial charge in [-0.2, -0.15) is 4.98 Å². The molecule has 0 atom stereocenters. The van der Waals surface area contributed by atoms with E-state index in [1.54, 1.807) is 12.1 Å². The molecule has 20 heavy (non-hydrogen) atoms. The lowest BCUT2D eigenvalue weighted by Crippen LogP contribution is -2.16. The maximum Gasteiger partial charge on any atom is 0.265 e. The van der Waals surface area contributed by atoms with Crippen LogP contribution in [0, 0.1) is 0 Å². The maximum atomic E-state index is 12.2. The van der Waals surface area contributed by atoms with Crippen molar-refractivity contribution in [1.29, 1.82) is 0 Å². The third-order valence-electron chi connectivity index (χ3n) is 2.34. The minimum atomic E-state index is -3.89. The van der Waals surface area contributed by atoms with E-state index in [4.69, 9.17) is 22.1 Å². The molecule has 0 aliphatic carbocycles. The normalized spacial score (nSPS) is 11.1. The molecule has 7 nitrogen and oxygen atoms in total. The van der Waals surface area contributed by atoms with E-state index in [1.165, 1.54) is 25.4 Å². The summed E-state index contributed by atoms with van der Waals surface area (Å²) in [5, 5.41) is 0.0871. The Hall–Kier alpha value is -2.06. The van der Waals surface area contributed by atoms with Gasteiger partial charge in [-0.25, -0.2) is 13.4 Å².